The number of rotatable bonds is 6. The van der Waals surface area contributed by atoms with Crippen molar-refractivity contribution in [3.05, 3.63) is 77.2 Å². The molecule has 0 radical (unpaired) electrons. The van der Waals surface area contributed by atoms with Crippen LogP contribution in [-0.4, -0.2) is 34.8 Å². The zero-order chi connectivity index (χ0) is 21.8. The summed E-state index contributed by atoms with van der Waals surface area (Å²) in [6, 6.07) is 17.3. The zero-order valence-electron chi connectivity index (χ0n) is 17.7. The SMILES string of the molecule is Cc1oc(-c2ccc(CC(C(N)=O)c3ccccc3)cc2)nc1C(=O)N1CCCCC1. The number of benzene rings is 2. The van der Waals surface area contributed by atoms with E-state index >= 15 is 0 Å². The molecule has 1 aromatic heterocycles. The van der Waals surface area contributed by atoms with Gasteiger partial charge in [0.05, 0.1) is 5.92 Å². The molecular formula is C25H27N3O3. The second kappa shape index (κ2) is 9.16. The molecule has 2 amide bonds. The Kier molecular flexibility index (Phi) is 6.16. The highest BCUT2D eigenvalue weighted by Gasteiger charge is 2.25. The fraction of sp³-hybridized carbons (Fsp3) is 0.320. The third-order valence-corrected chi connectivity index (χ3v) is 5.83. The predicted molar refractivity (Wildman–Crippen MR) is 119 cm³/mol. The van der Waals surface area contributed by atoms with Crippen molar-refractivity contribution in [3.63, 3.8) is 0 Å². The van der Waals surface area contributed by atoms with E-state index in [4.69, 9.17) is 10.2 Å². The summed E-state index contributed by atoms with van der Waals surface area (Å²) in [5.41, 5.74) is 8.72. The molecule has 0 bridgehead atoms. The molecule has 1 atom stereocenters. The standard InChI is InChI=1S/C25H27N3O3/c1-17-22(25(30)28-14-6-3-7-15-28)27-24(31-17)20-12-10-18(11-13-20)16-21(23(26)29)19-8-4-2-5-9-19/h2,4-5,8-13,21H,3,6-7,14-16H2,1H3,(H2,26,29). The summed E-state index contributed by atoms with van der Waals surface area (Å²) in [6.45, 7) is 3.33. The Morgan fingerprint density at radius 3 is 2.35 bits per heavy atom. The number of carbonyl (C=O) groups is 2. The topological polar surface area (TPSA) is 89.4 Å². The van der Waals surface area contributed by atoms with E-state index in [1.54, 1.807) is 6.92 Å². The van der Waals surface area contributed by atoms with Crippen LogP contribution in [0.2, 0.25) is 0 Å². The molecule has 0 aliphatic carbocycles. The van der Waals surface area contributed by atoms with Crippen molar-refractivity contribution in [1.29, 1.82) is 0 Å². The monoisotopic (exact) mass is 417 g/mol. The highest BCUT2D eigenvalue weighted by Crippen LogP contribution is 2.26. The maximum Gasteiger partial charge on any atom is 0.276 e. The van der Waals surface area contributed by atoms with E-state index in [-0.39, 0.29) is 17.7 Å². The number of aryl methyl sites for hydroxylation is 1. The maximum atomic E-state index is 12.8. The van der Waals surface area contributed by atoms with Crippen LogP contribution in [0, 0.1) is 6.92 Å². The van der Waals surface area contributed by atoms with Gasteiger partial charge in [-0.1, -0.05) is 42.5 Å². The Labute approximate surface area is 182 Å². The van der Waals surface area contributed by atoms with Gasteiger partial charge in [-0.3, -0.25) is 9.59 Å². The van der Waals surface area contributed by atoms with Crippen molar-refractivity contribution in [2.45, 2.75) is 38.5 Å². The van der Waals surface area contributed by atoms with Gasteiger partial charge in [-0.2, -0.15) is 0 Å². The number of amides is 2. The smallest absolute Gasteiger partial charge is 0.276 e. The van der Waals surface area contributed by atoms with Gasteiger partial charge in [-0.05, 0) is 55.9 Å². The van der Waals surface area contributed by atoms with Crippen LogP contribution in [0.1, 0.15) is 52.6 Å². The number of carbonyl (C=O) groups excluding carboxylic acids is 2. The highest BCUT2D eigenvalue weighted by molar-refractivity contribution is 5.93. The number of piperidine rings is 1. The fourth-order valence-electron chi connectivity index (χ4n) is 4.05. The average molecular weight is 418 g/mol. The molecule has 1 aliphatic rings. The summed E-state index contributed by atoms with van der Waals surface area (Å²) in [7, 11) is 0. The quantitative estimate of drug-likeness (QED) is 0.654. The Bertz CT molecular complexity index is 1050. The largest absolute Gasteiger partial charge is 0.441 e. The maximum absolute atomic E-state index is 12.8. The molecule has 6 heteroatoms. The Balaban J connectivity index is 1.50. The molecule has 2 aromatic carbocycles. The molecule has 0 saturated carbocycles. The first kappa shape index (κ1) is 20.8. The average Bonchev–Trinajstić information content (AvgIpc) is 3.20. The molecule has 1 saturated heterocycles. The molecular weight excluding hydrogens is 390 g/mol. The molecule has 3 aromatic rings. The van der Waals surface area contributed by atoms with Crippen LogP contribution in [0.5, 0.6) is 0 Å². The molecule has 1 unspecified atom stereocenters. The van der Waals surface area contributed by atoms with Crippen molar-refractivity contribution in [3.8, 4) is 11.5 Å². The predicted octanol–water partition coefficient (Wildman–Crippen LogP) is 4.09. The first-order chi connectivity index (χ1) is 15.0. The molecule has 160 valence electrons. The molecule has 2 heterocycles. The Hall–Kier alpha value is -3.41. The van der Waals surface area contributed by atoms with E-state index in [1.165, 1.54) is 6.42 Å². The molecule has 31 heavy (non-hydrogen) atoms. The van der Waals surface area contributed by atoms with Crippen molar-refractivity contribution >= 4 is 11.8 Å². The molecule has 1 aliphatic heterocycles. The van der Waals surface area contributed by atoms with Gasteiger partial charge in [0.1, 0.15) is 5.76 Å². The zero-order valence-corrected chi connectivity index (χ0v) is 17.7. The molecule has 4 rings (SSSR count). The number of nitrogens with zero attached hydrogens (tertiary/aromatic N) is 2. The minimum absolute atomic E-state index is 0.0593. The van der Waals surface area contributed by atoms with Gasteiger partial charge < -0.3 is 15.1 Å². The lowest BCUT2D eigenvalue weighted by Crippen LogP contribution is -2.36. The second-order valence-corrected chi connectivity index (χ2v) is 8.04. The van der Waals surface area contributed by atoms with Crippen molar-refractivity contribution < 1.29 is 14.0 Å². The number of aromatic nitrogens is 1. The fourth-order valence-corrected chi connectivity index (χ4v) is 4.05. The van der Waals surface area contributed by atoms with E-state index < -0.39 is 0 Å². The van der Waals surface area contributed by atoms with Crippen molar-refractivity contribution in [2.75, 3.05) is 13.1 Å². The van der Waals surface area contributed by atoms with Crippen LogP contribution in [-0.2, 0) is 11.2 Å². The first-order valence-electron chi connectivity index (χ1n) is 10.7. The van der Waals surface area contributed by atoms with E-state index in [0.29, 0.717) is 23.8 Å². The summed E-state index contributed by atoms with van der Waals surface area (Å²) >= 11 is 0. The minimum Gasteiger partial charge on any atom is -0.441 e. The molecule has 1 fully saturated rings. The van der Waals surface area contributed by atoms with Gasteiger partial charge in [-0.15, -0.1) is 0 Å². The second-order valence-electron chi connectivity index (χ2n) is 8.04. The van der Waals surface area contributed by atoms with E-state index in [2.05, 4.69) is 4.98 Å². The number of primary amides is 1. The van der Waals surface area contributed by atoms with Crippen LogP contribution in [0.4, 0.5) is 0 Å². The summed E-state index contributed by atoms with van der Waals surface area (Å²) in [5, 5.41) is 0. The summed E-state index contributed by atoms with van der Waals surface area (Å²) < 4.78 is 5.81. The third kappa shape index (κ3) is 4.68. The molecule has 0 spiro atoms. The number of hydrogen-bond donors (Lipinski definition) is 1. The van der Waals surface area contributed by atoms with Crippen LogP contribution in [0.15, 0.2) is 59.0 Å². The van der Waals surface area contributed by atoms with Crippen LogP contribution >= 0.6 is 0 Å². The van der Waals surface area contributed by atoms with Gasteiger partial charge >= 0.3 is 0 Å². The molecule has 2 N–H and O–H groups in total. The highest BCUT2D eigenvalue weighted by atomic mass is 16.4. The van der Waals surface area contributed by atoms with Crippen LogP contribution < -0.4 is 5.73 Å². The van der Waals surface area contributed by atoms with Gasteiger partial charge in [-0.25, -0.2) is 4.98 Å². The lowest BCUT2D eigenvalue weighted by Gasteiger charge is -2.25. The van der Waals surface area contributed by atoms with Crippen molar-refractivity contribution in [2.24, 2.45) is 5.73 Å². The van der Waals surface area contributed by atoms with Gasteiger partial charge in [0, 0.05) is 18.7 Å². The summed E-state index contributed by atoms with van der Waals surface area (Å²) in [6.07, 6.45) is 3.75. The number of hydrogen-bond acceptors (Lipinski definition) is 4. The van der Waals surface area contributed by atoms with E-state index in [1.807, 2.05) is 59.5 Å². The van der Waals surface area contributed by atoms with Gasteiger partial charge in [0.15, 0.2) is 5.69 Å². The molecule has 6 nitrogen and oxygen atoms in total. The van der Waals surface area contributed by atoms with Crippen LogP contribution in [0.3, 0.4) is 0 Å². The van der Waals surface area contributed by atoms with Crippen molar-refractivity contribution in [1.82, 2.24) is 9.88 Å². The summed E-state index contributed by atoms with van der Waals surface area (Å²) in [4.78, 5) is 31.1. The number of nitrogens with two attached hydrogens (primary N) is 1. The van der Waals surface area contributed by atoms with E-state index in [0.717, 1.165) is 42.6 Å². The lowest BCUT2D eigenvalue weighted by atomic mass is 9.91. The van der Waals surface area contributed by atoms with Gasteiger partial charge in [0.25, 0.3) is 5.91 Å². The van der Waals surface area contributed by atoms with Gasteiger partial charge in [0.2, 0.25) is 11.8 Å². The lowest BCUT2D eigenvalue weighted by molar-refractivity contribution is -0.119. The Morgan fingerprint density at radius 2 is 1.71 bits per heavy atom. The number of likely N-dealkylation sites (tertiary alicyclic amines) is 1. The first-order valence-corrected chi connectivity index (χ1v) is 10.7. The Morgan fingerprint density at radius 1 is 1.03 bits per heavy atom. The normalized spacial score (nSPS) is 14.9. The minimum atomic E-state index is -0.384. The summed E-state index contributed by atoms with van der Waals surface area (Å²) in [5.74, 6) is 0.173. The van der Waals surface area contributed by atoms with E-state index in [9.17, 15) is 9.59 Å². The van der Waals surface area contributed by atoms with Crippen LogP contribution in [0.25, 0.3) is 11.5 Å². The third-order valence-electron chi connectivity index (χ3n) is 5.83. The number of oxazole rings is 1.